The SMILES string of the molecule is CN(C)CCOc1ccc(/C(=C(/CCCl)c2ccccc2)c2ccccc2)cc1.CN(C)CCOc1ccc(/C(=C(/CCCl)c2ccccc2)c2ccccc2)cc1.O=C(O)CC(O)(CC(=O)O)C(=O)O. The lowest BCUT2D eigenvalue weighted by Crippen LogP contribution is -2.42. The Labute approximate surface area is 427 Å². The van der Waals surface area contributed by atoms with Crippen LogP contribution in [0.4, 0.5) is 0 Å². The molecule has 4 N–H and O–H groups in total. The van der Waals surface area contributed by atoms with Crippen LogP contribution in [-0.2, 0) is 14.4 Å². The van der Waals surface area contributed by atoms with Crippen LogP contribution in [0.3, 0.4) is 0 Å². The summed E-state index contributed by atoms with van der Waals surface area (Å²) in [5.74, 6) is -2.09. The zero-order valence-corrected chi connectivity index (χ0v) is 42.2. The third-order valence-electron chi connectivity index (χ3n) is 10.8. The van der Waals surface area contributed by atoms with E-state index in [0.717, 1.165) is 37.4 Å². The highest BCUT2D eigenvalue weighted by Gasteiger charge is 2.40. The van der Waals surface area contributed by atoms with E-state index in [1.807, 2.05) is 52.5 Å². The second-order valence-electron chi connectivity index (χ2n) is 16.9. The molecule has 0 aliphatic rings. The van der Waals surface area contributed by atoms with Crippen molar-refractivity contribution in [2.75, 3.05) is 66.3 Å². The van der Waals surface area contributed by atoms with E-state index in [4.69, 9.17) is 53.1 Å². The van der Waals surface area contributed by atoms with Gasteiger partial charge in [0.2, 0.25) is 0 Å². The maximum atomic E-state index is 10.3. The highest BCUT2D eigenvalue weighted by Crippen LogP contribution is 2.37. The quantitative estimate of drug-likeness (QED) is 0.0358. The van der Waals surface area contributed by atoms with Gasteiger partial charge in [-0.1, -0.05) is 146 Å². The van der Waals surface area contributed by atoms with Crippen LogP contribution in [-0.4, -0.2) is 120 Å². The molecule has 71 heavy (non-hydrogen) atoms. The number of nitrogens with zero attached hydrogens (tertiary/aromatic N) is 2. The Morgan fingerprint density at radius 2 is 0.732 bits per heavy atom. The number of allylic oxidation sites excluding steroid dienone is 2. The molecule has 6 aromatic rings. The molecule has 0 heterocycles. The number of hydrogen-bond acceptors (Lipinski definition) is 8. The Balaban J connectivity index is 0.000000249. The molecule has 0 unspecified atom stereocenters. The van der Waals surface area contributed by atoms with E-state index in [-0.39, 0.29) is 0 Å². The molecule has 0 atom stereocenters. The number of benzene rings is 6. The molecule has 0 amide bonds. The Bertz CT molecular complexity index is 2420. The van der Waals surface area contributed by atoms with Crippen LogP contribution in [0.2, 0.25) is 0 Å². The molecule has 0 aliphatic heterocycles. The molecule has 0 spiro atoms. The minimum atomic E-state index is -2.74. The minimum Gasteiger partial charge on any atom is -0.492 e. The number of alkyl halides is 2. The first-order chi connectivity index (χ1) is 34.1. The molecular weight excluding hydrogens is 940 g/mol. The van der Waals surface area contributed by atoms with Gasteiger partial charge in [0, 0.05) is 24.8 Å². The normalized spacial score (nSPS) is 11.8. The first-order valence-electron chi connectivity index (χ1n) is 23.1. The van der Waals surface area contributed by atoms with Gasteiger partial charge in [-0.25, -0.2) is 4.79 Å². The molecule has 0 bridgehead atoms. The van der Waals surface area contributed by atoms with E-state index in [1.54, 1.807) is 0 Å². The monoisotopic (exact) mass is 1000 g/mol. The summed E-state index contributed by atoms with van der Waals surface area (Å²) in [7, 11) is 8.19. The Kier molecular flexibility index (Phi) is 24.1. The molecule has 0 aromatic heterocycles. The number of aliphatic hydroxyl groups is 1. The van der Waals surface area contributed by atoms with Crippen molar-refractivity contribution in [3.63, 3.8) is 0 Å². The number of carboxylic acids is 3. The van der Waals surface area contributed by atoms with Crippen LogP contribution in [0.15, 0.2) is 170 Å². The number of hydrogen-bond donors (Lipinski definition) is 4. The number of ether oxygens (including phenoxy) is 2. The van der Waals surface area contributed by atoms with E-state index in [2.05, 4.69) is 155 Å². The van der Waals surface area contributed by atoms with Crippen LogP contribution < -0.4 is 9.47 Å². The van der Waals surface area contributed by atoms with Gasteiger partial charge in [-0.2, -0.15) is 0 Å². The van der Waals surface area contributed by atoms with Gasteiger partial charge in [-0.05, 0) is 121 Å². The molecule has 0 radical (unpaired) electrons. The zero-order chi connectivity index (χ0) is 51.6. The zero-order valence-electron chi connectivity index (χ0n) is 40.7. The highest BCUT2D eigenvalue weighted by molar-refractivity contribution is 6.19. The van der Waals surface area contributed by atoms with Crippen molar-refractivity contribution in [3.05, 3.63) is 203 Å². The van der Waals surface area contributed by atoms with E-state index >= 15 is 0 Å². The van der Waals surface area contributed by atoms with Crippen LogP contribution in [0, 0.1) is 0 Å². The largest absolute Gasteiger partial charge is 0.492 e. The lowest BCUT2D eigenvalue weighted by molar-refractivity contribution is -0.170. The summed E-state index contributed by atoms with van der Waals surface area (Å²) in [5.41, 5.74) is 9.35. The second-order valence-corrected chi connectivity index (χ2v) is 17.6. The Hall–Kier alpha value is -6.73. The lowest BCUT2D eigenvalue weighted by Gasteiger charge is -2.18. The molecule has 6 rings (SSSR count). The number of carboxylic acid groups (broad SMARTS) is 3. The highest BCUT2D eigenvalue weighted by atomic mass is 35.5. The molecule has 0 saturated carbocycles. The minimum absolute atomic E-state index is 0.576. The first-order valence-corrected chi connectivity index (χ1v) is 24.2. The molecular formula is C58H64Cl2N2O9. The predicted molar refractivity (Wildman–Crippen MR) is 286 cm³/mol. The number of carbonyl (C=O) groups is 3. The van der Waals surface area contributed by atoms with Crippen molar-refractivity contribution in [1.82, 2.24) is 9.80 Å². The topological polar surface area (TPSA) is 157 Å². The standard InChI is InChI=1S/2C26H28ClNO.C6H8O7/c2*1-28(2)19-20-29-24-15-13-23(14-16-24)26(22-11-7-4-8-12-22)25(17-18-27)21-9-5-3-6-10-21;7-3(8)1-6(13,5(11)12)2-4(9)10/h2*3-16H,17-20H2,1-2H3;13H,1-2H2,(H,7,8)(H,9,10)(H,11,12)/b2*26-25-;. The summed E-state index contributed by atoms with van der Waals surface area (Å²) in [4.78, 5) is 34.7. The number of likely N-dealkylation sites (N-methyl/N-ethyl adjacent to an activating group) is 2. The van der Waals surface area contributed by atoms with Crippen molar-refractivity contribution in [2.45, 2.75) is 31.3 Å². The summed E-state index contributed by atoms with van der Waals surface area (Å²) >= 11 is 12.4. The van der Waals surface area contributed by atoms with Crippen LogP contribution in [0.1, 0.15) is 59.1 Å². The number of halogens is 2. The third kappa shape index (κ3) is 19.2. The van der Waals surface area contributed by atoms with Gasteiger partial charge in [0.25, 0.3) is 0 Å². The molecule has 0 aliphatic carbocycles. The van der Waals surface area contributed by atoms with Crippen LogP contribution in [0.25, 0.3) is 22.3 Å². The van der Waals surface area contributed by atoms with Crippen molar-refractivity contribution >= 4 is 63.4 Å². The van der Waals surface area contributed by atoms with Gasteiger partial charge in [0.1, 0.15) is 24.7 Å². The van der Waals surface area contributed by atoms with Gasteiger partial charge in [0.15, 0.2) is 5.60 Å². The molecule has 13 heteroatoms. The average molecular weight is 1000 g/mol. The molecule has 0 saturated heterocycles. The van der Waals surface area contributed by atoms with Crippen LogP contribution in [0.5, 0.6) is 11.5 Å². The van der Waals surface area contributed by atoms with Gasteiger partial charge < -0.3 is 39.7 Å². The van der Waals surface area contributed by atoms with Crippen LogP contribution >= 0.6 is 23.2 Å². The Morgan fingerprint density at radius 1 is 0.451 bits per heavy atom. The van der Waals surface area contributed by atoms with Gasteiger partial charge in [0.05, 0.1) is 12.8 Å². The number of rotatable bonds is 23. The third-order valence-corrected chi connectivity index (χ3v) is 11.2. The van der Waals surface area contributed by atoms with Crippen molar-refractivity contribution < 1.29 is 44.3 Å². The summed E-state index contributed by atoms with van der Waals surface area (Å²) in [6.45, 7) is 3.14. The van der Waals surface area contributed by atoms with Gasteiger partial charge >= 0.3 is 17.9 Å². The van der Waals surface area contributed by atoms with Gasteiger partial charge in [-0.15, -0.1) is 23.2 Å². The van der Waals surface area contributed by atoms with E-state index < -0.39 is 36.4 Å². The molecule has 0 fully saturated rings. The fourth-order valence-corrected chi connectivity index (χ4v) is 7.75. The lowest BCUT2D eigenvalue weighted by atomic mass is 9.88. The summed E-state index contributed by atoms with van der Waals surface area (Å²) < 4.78 is 11.7. The average Bonchev–Trinajstić information content (AvgIpc) is 3.35. The summed E-state index contributed by atoms with van der Waals surface area (Å²) in [6.07, 6.45) is -0.684. The fraction of sp³-hybridized carbons (Fsp3) is 0.259. The molecule has 6 aromatic carbocycles. The second kappa shape index (κ2) is 30.1. The van der Waals surface area contributed by atoms with Crippen molar-refractivity contribution in [3.8, 4) is 11.5 Å². The first kappa shape index (κ1) is 56.9. The van der Waals surface area contributed by atoms with Crippen molar-refractivity contribution in [2.24, 2.45) is 0 Å². The predicted octanol–water partition coefficient (Wildman–Crippen LogP) is 11.2. The molecule has 11 nitrogen and oxygen atoms in total. The fourth-order valence-electron chi connectivity index (χ4n) is 7.38. The number of aliphatic carboxylic acids is 3. The summed E-state index contributed by atoms with van der Waals surface area (Å²) in [5, 5.41) is 33.8. The molecule has 374 valence electrons. The van der Waals surface area contributed by atoms with E-state index in [0.29, 0.717) is 25.0 Å². The van der Waals surface area contributed by atoms with E-state index in [1.165, 1.54) is 55.7 Å². The maximum absolute atomic E-state index is 10.3. The maximum Gasteiger partial charge on any atom is 0.336 e. The summed E-state index contributed by atoms with van der Waals surface area (Å²) in [6, 6.07) is 58.9. The smallest absolute Gasteiger partial charge is 0.336 e. The van der Waals surface area contributed by atoms with Crippen molar-refractivity contribution in [1.29, 1.82) is 0 Å². The Morgan fingerprint density at radius 3 is 0.986 bits per heavy atom. The van der Waals surface area contributed by atoms with E-state index in [9.17, 15) is 14.4 Å². The van der Waals surface area contributed by atoms with Gasteiger partial charge in [-0.3, -0.25) is 9.59 Å².